The van der Waals surface area contributed by atoms with E-state index < -0.39 is 170 Å². The third kappa shape index (κ3) is 9.35. The van der Waals surface area contributed by atoms with Crippen molar-refractivity contribution in [1.29, 1.82) is 0 Å². The number of rotatable bonds is 12. The van der Waals surface area contributed by atoms with Crippen molar-refractivity contribution >= 4 is 6.29 Å². The number of fused-ring (bicyclic) bond motifs is 7. The number of carbonyl (C=O) groups excluding carboxylic acids is 1. The molecular formula is C53H86O22. The van der Waals surface area contributed by atoms with E-state index in [-0.39, 0.29) is 35.2 Å². The maximum atomic E-state index is 12.5. The average molecular weight is 1080 g/mol. The minimum atomic E-state index is -1.90. The first-order valence-electron chi connectivity index (χ1n) is 27.2. The minimum absolute atomic E-state index is 0.0912. The molecular weight excluding hydrogens is 989 g/mol. The third-order valence-electron chi connectivity index (χ3n) is 21.3. The molecule has 0 unspecified atom stereocenters. The average Bonchev–Trinajstić information content (AvgIpc) is 3.37. The first-order chi connectivity index (χ1) is 35.2. The molecule has 5 aliphatic carbocycles. The fourth-order valence-corrected chi connectivity index (χ4v) is 16.3. The Morgan fingerprint density at radius 2 is 1.21 bits per heavy atom. The quantitative estimate of drug-likeness (QED) is 0.0586. The van der Waals surface area contributed by atoms with Crippen LogP contribution in [0.5, 0.6) is 0 Å². The van der Waals surface area contributed by atoms with Gasteiger partial charge in [-0.1, -0.05) is 53.2 Å². The summed E-state index contributed by atoms with van der Waals surface area (Å²) in [6.45, 7) is 12.6. The van der Waals surface area contributed by atoms with Gasteiger partial charge in [0.2, 0.25) is 0 Å². The number of hydrogen-bond acceptors (Lipinski definition) is 22. The maximum absolute atomic E-state index is 12.5. The molecule has 0 radical (unpaired) electrons. The number of aldehydes is 1. The molecule has 4 heterocycles. The summed E-state index contributed by atoms with van der Waals surface area (Å²) in [6.07, 6.45) is -23.1. The van der Waals surface area contributed by atoms with Gasteiger partial charge in [-0.15, -0.1) is 0 Å². The molecule has 8 fully saturated rings. The Morgan fingerprint density at radius 1 is 0.613 bits per heavy atom. The van der Waals surface area contributed by atoms with Gasteiger partial charge in [0.05, 0.1) is 44.7 Å². The highest BCUT2D eigenvalue weighted by Gasteiger charge is 2.70. The van der Waals surface area contributed by atoms with Crippen molar-refractivity contribution in [2.24, 2.45) is 50.2 Å². The van der Waals surface area contributed by atoms with Crippen LogP contribution in [0, 0.1) is 50.2 Å². The Morgan fingerprint density at radius 3 is 1.84 bits per heavy atom. The van der Waals surface area contributed by atoms with Crippen molar-refractivity contribution in [3.05, 3.63) is 11.6 Å². The highest BCUT2D eigenvalue weighted by molar-refractivity contribution is 5.59. The Balaban J connectivity index is 0.974. The van der Waals surface area contributed by atoms with E-state index in [0.29, 0.717) is 32.1 Å². The molecule has 75 heavy (non-hydrogen) atoms. The summed E-state index contributed by atoms with van der Waals surface area (Å²) in [4.78, 5) is 12.5. The zero-order valence-electron chi connectivity index (χ0n) is 44.2. The van der Waals surface area contributed by atoms with Crippen LogP contribution in [0.3, 0.4) is 0 Å². The lowest BCUT2D eigenvalue weighted by Gasteiger charge is -2.72. The van der Waals surface area contributed by atoms with Crippen LogP contribution < -0.4 is 0 Å². The molecule has 22 nitrogen and oxygen atoms in total. The van der Waals surface area contributed by atoms with E-state index >= 15 is 0 Å². The van der Waals surface area contributed by atoms with Crippen LogP contribution in [0.4, 0.5) is 0 Å². The largest absolute Gasteiger partial charge is 0.396 e. The van der Waals surface area contributed by atoms with Gasteiger partial charge in [0.25, 0.3) is 0 Å². The van der Waals surface area contributed by atoms with Crippen LogP contribution in [0.1, 0.15) is 106 Å². The summed E-state index contributed by atoms with van der Waals surface area (Å²) in [6, 6.07) is 0. The second-order valence-corrected chi connectivity index (χ2v) is 25.6. The molecule has 0 amide bonds. The fraction of sp³-hybridized carbons (Fsp3) is 0.943. The molecule has 0 bridgehead atoms. The molecule has 0 spiro atoms. The molecule has 4 saturated heterocycles. The summed E-state index contributed by atoms with van der Waals surface area (Å²) in [5, 5.41) is 142. The minimum Gasteiger partial charge on any atom is -0.396 e. The van der Waals surface area contributed by atoms with E-state index in [4.69, 9.17) is 37.9 Å². The Kier molecular flexibility index (Phi) is 16.4. The molecule has 0 aromatic heterocycles. The summed E-state index contributed by atoms with van der Waals surface area (Å²) in [7, 11) is 0. The van der Waals surface area contributed by atoms with Gasteiger partial charge < -0.3 is 109 Å². The van der Waals surface area contributed by atoms with Crippen LogP contribution in [-0.2, 0) is 42.7 Å². The van der Waals surface area contributed by atoms with Gasteiger partial charge in [0.1, 0.15) is 91.7 Å². The Labute approximate surface area is 437 Å². The lowest BCUT2D eigenvalue weighted by Crippen LogP contribution is -2.68. The number of hydrogen-bond donors (Lipinski definition) is 13. The van der Waals surface area contributed by atoms with E-state index in [1.807, 2.05) is 6.92 Å². The second-order valence-electron chi connectivity index (χ2n) is 25.6. The Hall–Kier alpha value is -1.43. The SMILES string of the molecule is C[C@@H]1O[C@@H](O[C@H]2[C@H](O[C@H]3CO[C@@H](O[C@H]4CC[C@]5(C)[C@H]6CC=C7[C@@H]8C[C@@](C)(C=O)CC[C@]8(CO)[C@H](O)C[C@@]7(C)[C@]6(C)CC[C@H]5C4(C)C)[C@H](O[C@@H]4O[C@H](CO)[C@@H](O)[C@H](O)[C@H]4O)[C@H]3O)O[C@H](CO)[C@@H](O)[C@@H]2O)[C@H](O)[C@H](O)[C@H]1O. The first kappa shape index (κ1) is 58.2. The normalized spacial score (nSPS) is 55.9. The predicted molar refractivity (Wildman–Crippen MR) is 257 cm³/mol. The molecule has 22 heteroatoms. The number of carbonyl (C=O) groups is 1. The lowest BCUT2D eigenvalue weighted by atomic mass is 9.33. The van der Waals surface area contributed by atoms with Crippen molar-refractivity contribution in [2.75, 3.05) is 26.4 Å². The molecule has 0 aromatic rings. The molecule has 9 aliphatic rings. The van der Waals surface area contributed by atoms with E-state index in [2.05, 4.69) is 40.7 Å². The van der Waals surface area contributed by atoms with Crippen molar-refractivity contribution in [2.45, 2.75) is 235 Å². The summed E-state index contributed by atoms with van der Waals surface area (Å²) >= 11 is 0. The van der Waals surface area contributed by atoms with Gasteiger partial charge in [0, 0.05) is 10.8 Å². The summed E-state index contributed by atoms with van der Waals surface area (Å²) in [5.41, 5.74) is -1.43. The predicted octanol–water partition coefficient (Wildman–Crippen LogP) is -1.75. The van der Waals surface area contributed by atoms with Crippen molar-refractivity contribution < 1.29 is 109 Å². The standard InChI is InChI=1S/C53H86O22/c1-23-33(59)37(63)40(66)44(69-23)75-43-39(65)35(61)27(19-55)71-47(43)72-28-20-68-46(42(36(28)62)74-45-41(67)38(64)34(60)26(18-54)70-45)73-32-11-12-50(5)29(48(32,2)3)10-13-51(6)30(50)9-8-24-25-16-49(4,21-56)14-15-53(25,22-57)31(58)17-52(24,51)7/h8,21,23,25-47,54-55,57-67H,9-20,22H2,1-7H3/t23-,25-,26+,27+,28-,29-,30+,31+,32-,33-,34+,35+,36-,37+,38-,39-,40+,41+,42+,43+,44-,45-,46-,47-,49-,50-,51+,52+,53+/m0/s1. The number of allylic oxidation sites excluding steroid dienone is 2. The van der Waals surface area contributed by atoms with Crippen molar-refractivity contribution in [3.63, 3.8) is 0 Å². The van der Waals surface area contributed by atoms with Crippen LogP contribution >= 0.6 is 0 Å². The molecule has 4 saturated carbocycles. The Bertz CT molecular complexity index is 2050. The van der Waals surface area contributed by atoms with Crippen LogP contribution in [0.15, 0.2) is 11.6 Å². The fourth-order valence-electron chi connectivity index (χ4n) is 16.3. The summed E-state index contributed by atoms with van der Waals surface area (Å²) in [5.74, 6) is 0.141. The third-order valence-corrected chi connectivity index (χ3v) is 21.3. The molecule has 430 valence electrons. The number of aliphatic hydroxyl groups excluding tert-OH is 13. The zero-order valence-corrected chi connectivity index (χ0v) is 44.2. The van der Waals surface area contributed by atoms with Gasteiger partial charge in [-0.25, -0.2) is 0 Å². The van der Waals surface area contributed by atoms with Crippen LogP contribution in [-0.4, -0.2) is 228 Å². The zero-order chi connectivity index (χ0) is 54.7. The number of aliphatic hydroxyl groups is 13. The molecule has 0 aromatic carbocycles. The molecule has 4 aliphatic heterocycles. The van der Waals surface area contributed by atoms with E-state index in [1.54, 1.807) is 0 Å². The smallest absolute Gasteiger partial charge is 0.187 e. The van der Waals surface area contributed by atoms with Gasteiger partial charge in [-0.3, -0.25) is 0 Å². The highest BCUT2D eigenvalue weighted by Crippen LogP contribution is 2.76. The molecule has 9 rings (SSSR count). The monoisotopic (exact) mass is 1070 g/mol. The van der Waals surface area contributed by atoms with Gasteiger partial charge >= 0.3 is 0 Å². The highest BCUT2D eigenvalue weighted by atomic mass is 16.8. The molecule has 29 atom stereocenters. The maximum Gasteiger partial charge on any atom is 0.187 e. The van der Waals surface area contributed by atoms with Gasteiger partial charge in [0.15, 0.2) is 25.2 Å². The van der Waals surface area contributed by atoms with E-state index in [9.17, 15) is 71.2 Å². The first-order valence-corrected chi connectivity index (χ1v) is 27.2. The molecule has 13 N–H and O–H groups in total. The second kappa shape index (κ2) is 21.2. The van der Waals surface area contributed by atoms with Crippen molar-refractivity contribution in [3.8, 4) is 0 Å². The van der Waals surface area contributed by atoms with E-state index in [1.165, 1.54) is 12.5 Å². The van der Waals surface area contributed by atoms with Gasteiger partial charge in [-0.2, -0.15) is 0 Å². The lowest BCUT2D eigenvalue weighted by molar-refractivity contribution is -0.394. The van der Waals surface area contributed by atoms with Crippen molar-refractivity contribution in [1.82, 2.24) is 0 Å². The van der Waals surface area contributed by atoms with E-state index in [0.717, 1.165) is 32.0 Å². The van der Waals surface area contributed by atoms with Gasteiger partial charge in [-0.05, 0) is 104 Å². The van der Waals surface area contributed by atoms with Crippen LogP contribution in [0.2, 0.25) is 0 Å². The topological polar surface area (TPSA) is 354 Å². The van der Waals surface area contributed by atoms with Crippen LogP contribution in [0.25, 0.3) is 0 Å². The summed E-state index contributed by atoms with van der Waals surface area (Å²) < 4.78 is 49.0. The number of ether oxygens (including phenoxy) is 8.